The highest BCUT2D eigenvalue weighted by atomic mass is 16.6. The molecule has 0 spiro atoms. The van der Waals surface area contributed by atoms with E-state index in [1.165, 1.54) is 10.9 Å². The first-order valence-electron chi connectivity index (χ1n) is 8.55. The number of hydrogen-bond donors (Lipinski definition) is 5. The van der Waals surface area contributed by atoms with Gasteiger partial charge >= 0.3 is 0 Å². The summed E-state index contributed by atoms with van der Waals surface area (Å²) in [7, 11) is 0. The number of benzene rings is 1. The molecule has 0 amide bonds. The van der Waals surface area contributed by atoms with Gasteiger partial charge in [0.15, 0.2) is 23.2 Å². The van der Waals surface area contributed by atoms with E-state index >= 15 is 0 Å². The largest absolute Gasteiger partial charge is 0.394 e. The van der Waals surface area contributed by atoms with Gasteiger partial charge < -0.3 is 25.8 Å². The molecule has 3 heterocycles. The minimum atomic E-state index is -1.32. The number of rotatable bonds is 5. The lowest BCUT2D eigenvalue weighted by Crippen LogP contribution is -2.33. The summed E-state index contributed by atoms with van der Waals surface area (Å²) in [5, 5.41) is 34.0. The van der Waals surface area contributed by atoms with Gasteiger partial charge in [0.05, 0.1) is 12.8 Å². The van der Waals surface area contributed by atoms with Crippen LogP contribution in [-0.4, -0.2) is 66.0 Å². The number of imidazole rings is 1. The summed E-state index contributed by atoms with van der Waals surface area (Å²) in [4.78, 5) is 12.4. The second-order valence-electron chi connectivity index (χ2n) is 6.25. The van der Waals surface area contributed by atoms with Crippen molar-refractivity contribution in [2.45, 2.75) is 24.5 Å². The van der Waals surface area contributed by atoms with E-state index in [1.807, 2.05) is 30.3 Å². The van der Waals surface area contributed by atoms with Gasteiger partial charge in [0.1, 0.15) is 24.6 Å². The van der Waals surface area contributed by atoms with E-state index < -0.39 is 31.1 Å². The maximum Gasteiger partial charge on any atom is 0.228 e. The van der Waals surface area contributed by atoms with Crippen molar-refractivity contribution in [3.63, 3.8) is 0 Å². The standard InChI is InChI=1S/C17H19N7O4/c18-14-11-15(20-8-19-14)24(16-13(27)12(26)10(7-25)28-16)17(22-11)23-21-6-9-4-2-1-3-5-9/h1-6,8,10,12-13,16,25-27H,7H2,(H,22,23)(H2,18,19,20)/b21-6+/t10-,12-,13-,16-/m1/s1. The lowest BCUT2D eigenvalue weighted by molar-refractivity contribution is -0.0501. The summed E-state index contributed by atoms with van der Waals surface area (Å²) in [6.45, 7) is -0.451. The first kappa shape index (κ1) is 18.3. The lowest BCUT2D eigenvalue weighted by atomic mass is 10.1. The molecule has 0 unspecified atom stereocenters. The Labute approximate surface area is 159 Å². The molecule has 0 bridgehead atoms. The topological polar surface area (TPSA) is 164 Å². The van der Waals surface area contributed by atoms with Crippen molar-refractivity contribution in [1.29, 1.82) is 0 Å². The molecule has 0 saturated carbocycles. The summed E-state index contributed by atoms with van der Waals surface area (Å²) in [6.07, 6.45) is -1.74. The number of aromatic nitrogens is 4. The molecule has 0 aliphatic carbocycles. The maximum atomic E-state index is 10.4. The Morgan fingerprint density at radius 3 is 2.71 bits per heavy atom. The Morgan fingerprint density at radius 2 is 2.00 bits per heavy atom. The van der Waals surface area contributed by atoms with Crippen LogP contribution in [0.15, 0.2) is 41.8 Å². The Morgan fingerprint density at radius 1 is 1.21 bits per heavy atom. The Bertz CT molecular complexity index is 994. The molecule has 0 radical (unpaired) electrons. The summed E-state index contributed by atoms with van der Waals surface area (Å²) >= 11 is 0. The number of nitrogens with two attached hydrogens (primary N) is 1. The van der Waals surface area contributed by atoms with Gasteiger partial charge in [-0.05, 0) is 5.56 Å². The van der Waals surface area contributed by atoms with Crippen LogP contribution in [0, 0.1) is 0 Å². The molecule has 1 aromatic carbocycles. The fourth-order valence-electron chi connectivity index (χ4n) is 3.04. The van der Waals surface area contributed by atoms with Crippen LogP contribution in [0.4, 0.5) is 11.8 Å². The van der Waals surface area contributed by atoms with Gasteiger partial charge in [0, 0.05) is 0 Å². The zero-order valence-electron chi connectivity index (χ0n) is 14.6. The first-order valence-corrected chi connectivity index (χ1v) is 8.55. The van der Waals surface area contributed by atoms with Crippen LogP contribution in [0.2, 0.25) is 0 Å². The molecule has 4 atom stereocenters. The quantitative estimate of drug-likeness (QED) is 0.287. The van der Waals surface area contributed by atoms with E-state index in [0.29, 0.717) is 5.65 Å². The van der Waals surface area contributed by atoms with E-state index in [4.69, 9.17) is 10.5 Å². The van der Waals surface area contributed by atoms with E-state index in [-0.39, 0.29) is 17.3 Å². The fourth-order valence-corrected chi connectivity index (χ4v) is 3.04. The van der Waals surface area contributed by atoms with Crippen LogP contribution in [0.3, 0.4) is 0 Å². The molecule has 11 heteroatoms. The van der Waals surface area contributed by atoms with Gasteiger partial charge in [-0.1, -0.05) is 30.3 Å². The van der Waals surface area contributed by atoms with Crippen LogP contribution in [0.5, 0.6) is 0 Å². The third-order valence-electron chi connectivity index (χ3n) is 4.45. The van der Waals surface area contributed by atoms with Crippen LogP contribution < -0.4 is 11.2 Å². The second-order valence-corrected chi connectivity index (χ2v) is 6.25. The smallest absolute Gasteiger partial charge is 0.228 e. The molecule has 4 rings (SSSR count). The Kier molecular flexibility index (Phi) is 4.88. The highest BCUT2D eigenvalue weighted by Crippen LogP contribution is 2.35. The van der Waals surface area contributed by atoms with E-state index in [9.17, 15) is 15.3 Å². The summed E-state index contributed by atoms with van der Waals surface area (Å²) in [5.74, 6) is 0.329. The highest BCUT2D eigenvalue weighted by molar-refractivity contribution is 5.84. The molecule has 11 nitrogen and oxygen atoms in total. The SMILES string of the molecule is Nc1ncnc2c1nc(N/N=C/c1ccccc1)n2[C@@H]1O[C@H](CO)[C@@H](O)[C@H]1O. The molecule has 6 N–H and O–H groups in total. The molecular weight excluding hydrogens is 366 g/mol. The third-order valence-corrected chi connectivity index (χ3v) is 4.45. The number of hydrogen-bond acceptors (Lipinski definition) is 10. The molecule has 3 aromatic rings. The lowest BCUT2D eigenvalue weighted by Gasteiger charge is -2.18. The molecule has 1 aliphatic rings. The van der Waals surface area contributed by atoms with Crippen molar-refractivity contribution < 1.29 is 20.1 Å². The van der Waals surface area contributed by atoms with Crippen LogP contribution in [-0.2, 0) is 4.74 Å². The monoisotopic (exact) mass is 385 g/mol. The fraction of sp³-hybridized carbons (Fsp3) is 0.294. The van der Waals surface area contributed by atoms with Crippen molar-refractivity contribution in [3.8, 4) is 0 Å². The number of nitrogen functional groups attached to an aromatic ring is 1. The van der Waals surface area contributed by atoms with Crippen molar-refractivity contribution in [2.75, 3.05) is 17.8 Å². The third kappa shape index (κ3) is 3.16. The van der Waals surface area contributed by atoms with Crippen LogP contribution in [0.25, 0.3) is 11.2 Å². The molecule has 1 aliphatic heterocycles. The van der Waals surface area contributed by atoms with Gasteiger partial charge in [-0.2, -0.15) is 5.10 Å². The van der Waals surface area contributed by atoms with Gasteiger partial charge in [-0.15, -0.1) is 0 Å². The molecule has 28 heavy (non-hydrogen) atoms. The minimum absolute atomic E-state index is 0.144. The van der Waals surface area contributed by atoms with E-state index in [0.717, 1.165) is 5.56 Å². The summed E-state index contributed by atoms with van der Waals surface area (Å²) in [6, 6.07) is 9.42. The number of aliphatic hydroxyl groups is 3. The predicted octanol–water partition coefficient (Wildman–Crippen LogP) is -0.534. The van der Waals surface area contributed by atoms with Crippen molar-refractivity contribution in [2.24, 2.45) is 5.10 Å². The number of nitrogens with zero attached hydrogens (tertiary/aromatic N) is 5. The van der Waals surface area contributed by atoms with E-state index in [1.54, 1.807) is 6.21 Å². The number of nitrogens with one attached hydrogen (secondary N) is 1. The Balaban J connectivity index is 1.73. The van der Waals surface area contributed by atoms with Gasteiger partial charge in [0.25, 0.3) is 0 Å². The van der Waals surface area contributed by atoms with Gasteiger partial charge in [-0.3, -0.25) is 4.57 Å². The van der Waals surface area contributed by atoms with Gasteiger partial charge in [0.2, 0.25) is 5.95 Å². The molecule has 2 aromatic heterocycles. The van der Waals surface area contributed by atoms with E-state index in [2.05, 4.69) is 25.5 Å². The zero-order chi connectivity index (χ0) is 19.7. The zero-order valence-corrected chi connectivity index (χ0v) is 14.6. The normalized spacial score (nSPS) is 25.0. The molecule has 1 saturated heterocycles. The number of anilines is 2. The number of aliphatic hydroxyl groups excluding tert-OH is 3. The number of fused-ring (bicyclic) bond motifs is 1. The minimum Gasteiger partial charge on any atom is -0.394 e. The average molecular weight is 385 g/mol. The van der Waals surface area contributed by atoms with Crippen LogP contribution in [0.1, 0.15) is 11.8 Å². The van der Waals surface area contributed by atoms with Crippen LogP contribution >= 0.6 is 0 Å². The summed E-state index contributed by atoms with van der Waals surface area (Å²) in [5.41, 5.74) is 10.1. The van der Waals surface area contributed by atoms with Crippen molar-refractivity contribution >= 4 is 29.1 Å². The number of ether oxygens (including phenoxy) is 1. The highest BCUT2D eigenvalue weighted by Gasteiger charge is 2.45. The molecule has 1 fully saturated rings. The maximum absolute atomic E-state index is 10.4. The van der Waals surface area contributed by atoms with Crippen molar-refractivity contribution in [3.05, 3.63) is 42.2 Å². The molecular formula is C17H19N7O4. The second kappa shape index (κ2) is 7.48. The molecule has 146 valence electrons. The average Bonchev–Trinajstić information content (AvgIpc) is 3.21. The van der Waals surface area contributed by atoms with Gasteiger partial charge in [-0.25, -0.2) is 20.4 Å². The first-order chi connectivity index (χ1) is 13.6. The number of hydrazone groups is 1. The summed E-state index contributed by atoms with van der Waals surface area (Å²) < 4.78 is 7.04. The van der Waals surface area contributed by atoms with Crippen molar-refractivity contribution in [1.82, 2.24) is 19.5 Å². The predicted molar refractivity (Wildman–Crippen MR) is 100 cm³/mol. The Hall–Kier alpha value is -3.12.